The monoisotopic (exact) mass is 359 g/mol. The highest BCUT2D eigenvalue weighted by molar-refractivity contribution is 6.14. The molecule has 27 heavy (non-hydrogen) atoms. The van der Waals surface area contributed by atoms with Crippen molar-refractivity contribution in [3.8, 4) is 11.1 Å². The van der Waals surface area contributed by atoms with Crippen LogP contribution in [-0.2, 0) is 13.5 Å². The largest absolute Gasteiger partial charge is 0.343 e. The van der Waals surface area contributed by atoms with Crippen LogP contribution in [0.5, 0.6) is 0 Å². The SMILES string of the molecule is CC.CC.CC.Cn1c2ccccc2c2ccc3c(c21)-c1ccccc1C3. The summed E-state index contributed by atoms with van der Waals surface area (Å²) in [7, 11) is 2.19. The van der Waals surface area contributed by atoms with E-state index in [1.807, 2.05) is 41.5 Å². The Balaban J connectivity index is 0.000000400. The van der Waals surface area contributed by atoms with Gasteiger partial charge < -0.3 is 4.57 Å². The van der Waals surface area contributed by atoms with Crippen LogP contribution < -0.4 is 0 Å². The summed E-state index contributed by atoms with van der Waals surface area (Å²) < 4.78 is 2.35. The van der Waals surface area contributed by atoms with Crippen molar-refractivity contribution in [2.24, 2.45) is 7.05 Å². The van der Waals surface area contributed by atoms with Crippen molar-refractivity contribution in [3.05, 3.63) is 71.8 Å². The van der Waals surface area contributed by atoms with Gasteiger partial charge >= 0.3 is 0 Å². The van der Waals surface area contributed by atoms with Crippen LogP contribution in [0.4, 0.5) is 0 Å². The number of fused-ring (bicyclic) bond motifs is 7. The first-order chi connectivity index (χ1) is 13.3. The fourth-order valence-electron chi connectivity index (χ4n) is 3.88. The molecular formula is C26H33N. The third-order valence-electron chi connectivity index (χ3n) is 4.82. The molecule has 1 aromatic heterocycles. The molecule has 4 aromatic rings. The van der Waals surface area contributed by atoms with Gasteiger partial charge in [-0.15, -0.1) is 0 Å². The highest BCUT2D eigenvalue weighted by atomic mass is 14.9. The number of hydrogen-bond acceptors (Lipinski definition) is 0. The van der Waals surface area contributed by atoms with Gasteiger partial charge in [-0.25, -0.2) is 0 Å². The quantitative estimate of drug-likeness (QED) is 0.264. The molecule has 0 aliphatic heterocycles. The third kappa shape index (κ3) is 3.39. The highest BCUT2D eigenvalue weighted by Crippen LogP contribution is 2.43. The molecule has 0 saturated carbocycles. The summed E-state index contributed by atoms with van der Waals surface area (Å²) in [5.41, 5.74) is 8.43. The van der Waals surface area contributed by atoms with Crippen LogP contribution in [-0.4, -0.2) is 4.57 Å². The maximum atomic E-state index is 2.35. The molecule has 1 heteroatoms. The maximum Gasteiger partial charge on any atom is 0.0571 e. The normalized spacial score (nSPS) is 10.6. The Kier molecular flexibility index (Phi) is 7.24. The van der Waals surface area contributed by atoms with Gasteiger partial charge in [0.15, 0.2) is 0 Å². The molecule has 0 N–H and O–H groups in total. The van der Waals surface area contributed by atoms with Crippen LogP contribution in [0.15, 0.2) is 60.7 Å². The summed E-state index contributed by atoms with van der Waals surface area (Å²) in [6, 6.07) is 22.1. The predicted octanol–water partition coefficient (Wildman–Crippen LogP) is 7.98. The molecule has 3 aromatic carbocycles. The Hall–Kier alpha value is -2.54. The van der Waals surface area contributed by atoms with Crippen molar-refractivity contribution in [2.75, 3.05) is 0 Å². The zero-order valence-electron chi connectivity index (χ0n) is 17.9. The second-order valence-electron chi connectivity index (χ2n) is 5.91. The van der Waals surface area contributed by atoms with Crippen molar-refractivity contribution in [3.63, 3.8) is 0 Å². The lowest BCUT2D eigenvalue weighted by Gasteiger charge is -2.06. The van der Waals surface area contributed by atoms with Crippen molar-refractivity contribution in [1.29, 1.82) is 0 Å². The fraction of sp³-hybridized carbons (Fsp3) is 0.308. The van der Waals surface area contributed by atoms with E-state index in [4.69, 9.17) is 0 Å². The molecule has 1 aliphatic carbocycles. The van der Waals surface area contributed by atoms with Gasteiger partial charge in [-0.05, 0) is 29.2 Å². The van der Waals surface area contributed by atoms with Gasteiger partial charge in [0, 0.05) is 28.9 Å². The van der Waals surface area contributed by atoms with Crippen LogP contribution in [0, 0.1) is 0 Å². The van der Waals surface area contributed by atoms with Gasteiger partial charge in [-0.2, -0.15) is 0 Å². The van der Waals surface area contributed by atoms with Crippen molar-refractivity contribution in [1.82, 2.24) is 4.57 Å². The molecule has 142 valence electrons. The lowest BCUT2D eigenvalue weighted by molar-refractivity contribution is 1.01. The molecule has 0 atom stereocenters. The fourth-order valence-corrected chi connectivity index (χ4v) is 3.88. The number of para-hydroxylation sites is 1. The molecule has 5 rings (SSSR count). The third-order valence-corrected chi connectivity index (χ3v) is 4.82. The van der Waals surface area contributed by atoms with Gasteiger partial charge in [-0.1, -0.05) is 96.1 Å². The lowest BCUT2D eigenvalue weighted by atomic mass is 10.0. The zero-order valence-corrected chi connectivity index (χ0v) is 17.9. The lowest BCUT2D eigenvalue weighted by Crippen LogP contribution is -1.90. The van der Waals surface area contributed by atoms with E-state index in [0.717, 1.165) is 6.42 Å². The molecule has 0 spiro atoms. The second kappa shape index (κ2) is 9.41. The van der Waals surface area contributed by atoms with Gasteiger partial charge in [0.25, 0.3) is 0 Å². The van der Waals surface area contributed by atoms with Crippen molar-refractivity contribution >= 4 is 21.8 Å². The molecule has 0 unspecified atom stereocenters. The van der Waals surface area contributed by atoms with Crippen LogP contribution in [0.2, 0.25) is 0 Å². The second-order valence-corrected chi connectivity index (χ2v) is 5.91. The first-order valence-electron chi connectivity index (χ1n) is 10.4. The van der Waals surface area contributed by atoms with E-state index >= 15 is 0 Å². The van der Waals surface area contributed by atoms with E-state index < -0.39 is 0 Å². The number of hydrogen-bond donors (Lipinski definition) is 0. The number of aromatic nitrogens is 1. The standard InChI is InChI=1S/C20H15N.3C2H6/c1-21-18-9-5-4-8-16(18)17-11-10-14-12-13-6-2-3-7-15(13)19(14)20(17)21;3*1-2/h2-11H,12H2,1H3;3*1-2H3. The molecule has 0 saturated heterocycles. The molecule has 1 aliphatic rings. The van der Waals surface area contributed by atoms with Crippen LogP contribution in [0.1, 0.15) is 52.7 Å². The van der Waals surface area contributed by atoms with E-state index in [9.17, 15) is 0 Å². The zero-order chi connectivity index (χ0) is 20.0. The predicted molar refractivity (Wildman–Crippen MR) is 123 cm³/mol. The van der Waals surface area contributed by atoms with Gasteiger partial charge in [0.2, 0.25) is 0 Å². The van der Waals surface area contributed by atoms with Crippen molar-refractivity contribution < 1.29 is 0 Å². The minimum absolute atomic E-state index is 1.06. The highest BCUT2D eigenvalue weighted by Gasteiger charge is 2.23. The number of benzene rings is 3. The van der Waals surface area contributed by atoms with E-state index in [1.165, 1.54) is 44.1 Å². The van der Waals surface area contributed by atoms with Gasteiger partial charge in [-0.3, -0.25) is 0 Å². The average Bonchev–Trinajstić information content (AvgIpc) is 3.28. The molecular weight excluding hydrogens is 326 g/mol. The van der Waals surface area contributed by atoms with E-state index in [1.54, 1.807) is 0 Å². The van der Waals surface area contributed by atoms with E-state index in [2.05, 4.69) is 72.3 Å². The molecule has 0 radical (unpaired) electrons. The topological polar surface area (TPSA) is 4.93 Å². The van der Waals surface area contributed by atoms with Gasteiger partial charge in [0.05, 0.1) is 5.52 Å². The number of nitrogens with zero attached hydrogens (tertiary/aromatic N) is 1. The van der Waals surface area contributed by atoms with E-state index in [-0.39, 0.29) is 0 Å². The molecule has 0 amide bonds. The first kappa shape index (κ1) is 20.8. The van der Waals surface area contributed by atoms with Gasteiger partial charge in [0.1, 0.15) is 0 Å². The Labute approximate surface area is 164 Å². The smallest absolute Gasteiger partial charge is 0.0571 e. The minimum Gasteiger partial charge on any atom is -0.343 e. The Bertz CT molecular complexity index is 1020. The maximum absolute atomic E-state index is 2.35. The molecule has 1 heterocycles. The van der Waals surface area contributed by atoms with Crippen molar-refractivity contribution in [2.45, 2.75) is 48.0 Å². The summed E-state index contributed by atoms with van der Waals surface area (Å²) in [5, 5.41) is 2.71. The Morgan fingerprint density at radius 2 is 1.26 bits per heavy atom. The number of aryl methyl sites for hydroxylation is 1. The number of rotatable bonds is 0. The van der Waals surface area contributed by atoms with E-state index in [0.29, 0.717) is 0 Å². The average molecular weight is 360 g/mol. The summed E-state index contributed by atoms with van der Waals surface area (Å²) >= 11 is 0. The van der Waals surface area contributed by atoms with Crippen LogP contribution in [0.3, 0.4) is 0 Å². The summed E-state index contributed by atoms with van der Waals surface area (Å²) in [6.07, 6.45) is 1.06. The summed E-state index contributed by atoms with van der Waals surface area (Å²) in [6.45, 7) is 12.0. The Morgan fingerprint density at radius 3 is 2.00 bits per heavy atom. The minimum atomic E-state index is 1.06. The summed E-state index contributed by atoms with van der Waals surface area (Å²) in [5.74, 6) is 0. The molecule has 1 nitrogen and oxygen atoms in total. The molecule has 0 bridgehead atoms. The van der Waals surface area contributed by atoms with Crippen LogP contribution >= 0.6 is 0 Å². The Morgan fingerprint density at radius 1 is 0.630 bits per heavy atom. The summed E-state index contributed by atoms with van der Waals surface area (Å²) in [4.78, 5) is 0. The van der Waals surface area contributed by atoms with Crippen LogP contribution in [0.25, 0.3) is 32.9 Å². The first-order valence-corrected chi connectivity index (χ1v) is 10.4. The molecule has 0 fully saturated rings.